The predicted molar refractivity (Wildman–Crippen MR) is 126 cm³/mol. The molecule has 1 aromatic heterocycles. The van der Waals surface area contributed by atoms with Gasteiger partial charge in [-0.2, -0.15) is 0 Å². The van der Waals surface area contributed by atoms with Gasteiger partial charge in [0.05, 0.1) is 30.0 Å². The zero-order valence-electron chi connectivity index (χ0n) is 19.7. The molecule has 0 saturated heterocycles. The van der Waals surface area contributed by atoms with Crippen molar-refractivity contribution in [2.24, 2.45) is 40.4 Å². The molecule has 0 amide bonds. The summed E-state index contributed by atoms with van der Waals surface area (Å²) >= 11 is 0. The number of Topliss-reactive ketones (excluding diaryl/α,β-unsaturated/α-hetero) is 1. The van der Waals surface area contributed by atoms with Gasteiger partial charge >= 0.3 is 0 Å². The quantitative estimate of drug-likeness (QED) is 0.682. The monoisotopic (exact) mass is 434 g/mol. The fourth-order valence-corrected chi connectivity index (χ4v) is 9.18. The fourth-order valence-electron chi connectivity index (χ4n) is 9.18. The molecule has 4 fully saturated rings. The lowest BCUT2D eigenvalue weighted by atomic mass is 9.44. The average molecular weight is 435 g/mol. The van der Waals surface area contributed by atoms with Crippen LogP contribution in [0.15, 0.2) is 30.6 Å². The first-order chi connectivity index (χ1) is 15.4. The number of hydrogen-bond acceptors (Lipinski definition) is 3. The first kappa shape index (κ1) is 20.9. The molecule has 0 bridgehead atoms. The van der Waals surface area contributed by atoms with Crippen molar-refractivity contribution >= 4 is 16.8 Å². The molecule has 6 rings (SSSR count). The molecule has 172 valence electrons. The summed E-state index contributed by atoms with van der Waals surface area (Å²) in [4.78, 5) is 18.1. The number of benzene rings is 1. The lowest BCUT2D eigenvalue weighted by molar-refractivity contribution is -0.140. The molecule has 1 aromatic carbocycles. The Morgan fingerprint density at radius 3 is 2.69 bits per heavy atom. The third-order valence-corrected chi connectivity index (χ3v) is 10.9. The van der Waals surface area contributed by atoms with E-state index in [4.69, 9.17) is 0 Å². The van der Waals surface area contributed by atoms with E-state index in [1.54, 1.807) is 0 Å². The third kappa shape index (κ3) is 2.97. The maximum atomic E-state index is 13.6. The highest BCUT2D eigenvalue weighted by Crippen LogP contribution is 2.67. The summed E-state index contributed by atoms with van der Waals surface area (Å²) in [5, 5.41) is 10.3. The molecule has 0 aliphatic heterocycles. The van der Waals surface area contributed by atoms with Gasteiger partial charge in [-0.05, 0) is 104 Å². The number of carbonyl (C=O) groups is 1. The van der Waals surface area contributed by atoms with Crippen LogP contribution in [-0.2, 0) is 11.3 Å². The van der Waals surface area contributed by atoms with E-state index in [1.807, 2.05) is 24.5 Å². The number of aliphatic hydroxyl groups excluding tert-OH is 1. The molecule has 4 nitrogen and oxygen atoms in total. The minimum atomic E-state index is -0.0776. The summed E-state index contributed by atoms with van der Waals surface area (Å²) in [5.74, 6) is 3.56. The first-order valence-corrected chi connectivity index (χ1v) is 13.0. The molecule has 2 unspecified atom stereocenters. The molecule has 4 aliphatic carbocycles. The smallest absolute Gasteiger partial charge is 0.156 e. The molecule has 0 spiro atoms. The highest BCUT2D eigenvalue weighted by Gasteiger charge is 2.61. The van der Waals surface area contributed by atoms with Crippen LogP contribution < -0.4 is 0 Å². The van der Waals surface area contributed by atoms with Gasteiger partial charge in [0.15, 0.2) is 5.78 Å². The van der Waals surface area contributed by atoms with Crippen LogP contribution in [0.5, 0.6) is 0 Å². The molecular weight excluding hydrogens is 396 g/mol. The van der Waals surface area contributed by atoms with Gasteiger partial charge in [-0.25, -0.2) is 4.98 Å². The number of nitrogens with zero attached hydrogens (tertiary/aromatic N) is 2. The molecular formula is C28H38N2O2. The number of fused-ring (bicyclic) bond motifs is 6. The van der Waals surface area contributed by atoms with Crippen molar-refractivity contribution in [1.82, 2.24) is 9.55 Å². The maximum Gasteiger partial charge on any atom is 0.156 e. The Bertz CT molecular complexity index is 1030. The second-order valence-electron chi connectivity index (χ2n) is 12.1. The summed E-state index contributed by atoms with van der Waals surface area (Å²) in [6.45, 7) is 5.46. The normalized spacial score (nSPS) is 43.5. The van der Waals surface area contributed by atoms with E-state index in [1.165, 1.54) is 38.5 Å². The number of rotatable bonds is 3. The van der Waals surface area contributed by atoms with Crippen LogP contribution in [0.4, 0.5) is 0 Å². The van der Waals surface area contributed by atoms with Crippen LogP contribution in [0.25, 0.3) is 11.0 Å². The number of para-hydroxylation sites is 2. The van der Waals surface area contributed by atoms with E-state index in [0.29, 0.717) is 29.6 Å². The van der Waals surface area contributed by atoms with Gasteiger partial charge in [-0.15, -0.1) is 0 Å². The molecule has 4 aliphatic rings. The summed E-state index contributed by atoms with van der Waals surface area (Å²) in [7, 11) is 0. The number of imidazole rings is 1. The predicted octanol–water partition coefficient (Wildman–Crippen LogP) is 5.63. The molecule has 0 radical (unpaired) electrons. The van der Waals surface area contributed by atoms with E-state index in [-0.39, 0.29) is 17.4 Å². The van der Waals surface area contributed by atoms with Gasteiger partial charge in [0.1, 0.15) is 0 Å². The number of aliphatic hydroxyl groups is 1. The summed E-state index contributed by atoms with van der Waals surface area (Å²) in [5.41, 5.74) is 2.60. The molecule has 4 saturated carbocycles. The van der Waals surface area contributed by atoms with E-state index in [2.05, 4.69) is 29.5 Å². The molecule has 32 heavy (non-hydrogen) atoms. The van der Waals surface area contributed by atoms with Crippen LogP contribution in [0.3, 0.4) is 0 Å². The van der Waals surface area contributed by atoms with Crippen LogP contribution in [0.2, 0.25) is 0 Å². The zero-order chi connectivity index (χ0) is 22.1. The zero-order valence-corrected chi connectivity index (χ0v) is 19.7. The van der Waals surface area contributed by atoms with Gasteiger partial charge in [0.25, 0.3) is 0 Å². The standard InChI is InChI=1S/C28H38N2O2/c1-27-13-11-19(31)15-18(27)7-8-20-21-9-10-23(28(21,2)14-12-22(20)27)26(32)16-30-17-29-24-5-3-4-6-25(24)30/h3-6,17-23,31H,7-16H2,1-2H3/t18?,19?,20-,21-,22-,23+,27-,28-/m0/s1. The van der Waals surface area contributed by atoms with Crippen molar-refractivity contribution in [2.75, 3.05) is 0 Å². The van der Waals surface area contributed by atoms with Gasteiger partial charge in [-0.3, -0.25) is 4.79 Å². The van der Waals surface area contributed by atoms with E-state index < -0.39 is 0 Å². The van der Waals surface area contributed by atoms with Crippen LogP contribution in [0.1, 0.15) is 71.6 Å². The van der Waals surface area contributed by atoms with E-state index in [0.717, 1.165) is 42.1 Å². The van der Waals surface area contributed by atoms with Gasteiger partial charge in [0.2, 0.25) is 0 Å². The Balaban J connectivity index is 1.22. The Morgan fingerprint density at radius 1 is 1.03 bits per heavy atom. The summed E-state index contributed by atoms with van der Waals surface area (Å²) in [6.07, 6.45) is 12.3. The maximum absolute atomic E-state index is 13.6. The highest BCUT2D eigenvalue weighted by molar-refractivity contribution is 5.84. The van der Waals surface area contributed by atoms with Crippen LogP contribution in [-0.4, -0.2) is 26.5 Å². The number of hydrogen-bond donors (Lipinski definition) is 1. The largest absolute Gasteiger partial charge is 0.393 e. The third-order valence-electron chi connectivity index (χ3n) is 10.9. The molecule has 4 heteroatoms. The first-order valence-electron chi connectivity index (χ1n) is 13.0. The van der Waals surface area contributed by atoms with Crippen molar-refractivity contribution < 1.29 is 9.90 Å². The van der Waals surface area contributed by atoms with E-state index >= 15 is 0 Å². The molecule has 1 N–H and O–H groups in total. The summed E-state index contributed by atoms with van der Waals surface area (Å²) in [6, 6.07) is 8.12. The lowest BCUT2D eigenvalue weighted by Crippen LogP contribution is -2.54. The van der Waals surface area contributed by atoms with Crippen LogP contribution >= 0.6 is 0 Å². The number of carbonyl (C=O) groups excluding carboxylic acids is 1. The number of aromatic nitrogens is 2. The van der Waals surface area contributed by atoms with Gasteiger partial charge < -0.3 is 9.67 Å². The van der Waals surface area contributed by atoms with E-state index in [9.17, 15) is 9.90 Å². The topological polar surface area (TPSA) is 55.1 Å². The summed E-state index contributed by atoms with van der Waals surface area (Å²) < 4.78 is 2.06. The molecule has 2 aromatic rings. The highest BCUT2D eigenvalue weighted by atomic mass is 16.3. The lowest BCUT2D eigenvalue weighted by Gasteiger charge is -2.60. The minimum absolute atomic E-state index is 0.0776. The SMILES string of the molecule is C[C@]12CC[C@H]3[C@@H](CCC4CC(O)CC[C@@]43C)[C@@H]1CC[C@@H]2C(=O)Cn1cnc2ccccc21. The van der Waals surface area contributed by atoms with Crippen molar-refractivity contribution in [3.8, 4) is 0 Å². The van der Waals surface area contributed by atoms with Crippen molar-refractivity contribution in [3.63, 3.8) is 0 Å². The Labute approximate surface area is 191 Å². The Morgan fingerprint density at radius 2 is 1.81 bits per heavy atom. The van der Waals surface area contributed by atoms with Crippen molar-refractivity contribution in [3.05, 3.63) is 30.6 Å². The fraction of sp³-hybridized carbons (Fsp3) is 0.714. The second-order valence-corrected chi connectivity index (χ2v) is 12.1. The van der Waals surface area contributed by atoms with Gasteiger partial charge in [0, 0.05) is 5.92 Å². The number of ketones is 1. The molecule has 8 atom stereocenters. The second kappa shape index (κ2) is 7.41. The van der Waals surface area contributed by atoms with Crippen molar-refractivity contribution in [1.29, 1.82) is 0 Å². The molecule has 1 heterocycles. The van der Waals surface area contributed by atoms with Crippen molar-refractivity contribution in [2.45, 2.75) is 84.3 Å². The Kier molecular flexibility index (Phi) is 4.84. The van der Waals surface area contributed by atoms with Gasteiger partial charge in [-0.1, -0.05) is 26.0 Å². The average Bonchev–Trinajstić information content (AvgIpc) is 3.35. The minimum Gasteiger partial charge on any atom is -0.393 e. The Hall–Kier alpha value is -1.68. The van der Waals surface area contributed by atoms with Crippen LogP contribution in [0, 0.1) is 40.4 Å².